The second kappa shape index (κ2) is 6.37. The van der Waals surface area contributed by atoms with Gasteiger partial charge >= 0.3 is 0 Å². The number of hydrogen-bond donors (Lipinski definition) is 2. The summed E-state index contributed by atoms with van der Waals surface area (Å²) < 4.78 is 0. The number of carbonyl (C=O) groups is 1. The molecule has 1 saturated heterocycles. The number of benzene rings is 1. The summed E-state index contributed by atoms with van der Waals surface area (Å²) in [6.07, 6.45) is 0. The fourth-order valence-electron chi connectivity index (χ4n) is 2.94. The van der Waals surface area contributed by atoms with E-state index in [-0.39, 0.29) is 17.5 Å². The lowest BCUT2D eigenvalue weighted by molar-refractivity contribution is 0.0886. The highest BCUT2D eigenvalue weighted by molar-refractivity contribution is 6.00. The van der Waals surface area contributed by atoms with Crippen LogP contribution in [0.5, 0.6) is 5.75 Å². The van der Waals surface area contributed by atoms with Gasteiger partial charge in [0.05, 0.1) is 0 Å². The molecule has 1 aromatic rings. The molecule has 1 atom stereocenters. The predicted octanol–water partition coefficient (Wildman–Crippen LogP) is 1.73. The Morgan fingerprint density at radius 2 is 1.85 bits per heavy atom. The molecule has 0 amide bonds. The smallest absolute Gasteiger partial charge is 0.167 e. The summed E-state index contributed by atoms with van der Waals surface area (Å²) in [6.45, 7) is 10.6. The summed E-state index contributed by atoms with van der Waals surface area (Å²) in [4.78, 5) is 15.0. The van der Waals surface area contributed by atoms with E-state index in [0.29, 0.717) is 0 Å². The van der Waals surface area contributed by atoms with Gasteiger partial charge in [-0.2, -0.15) is 0 Å². The Morgan fingerprint density at radius 1 is 1.30 bits per heavy atom. The van der Waals surface area contributed by atoms with Gasteiger partial charge in [0.15, 0.2) is 5.78 Å². The van der Waals surface area contributed by atoms with E-state index in [2.05, 4.69) is 10.2 Å². The van der Waals surface area contributed by atoms with Crippen molar-refractivity contribution in [2.45, 2.75) is 20.8 Å². The molecule has 0 aromatic heterocycles. The zero-order valence-electron chi connectivity index (χ0n) is 12.6. The quantitative estimate of drug-likeness (QED) is 0.822. The number of phenols is 1. The van der Waals surface area contributed by atoms with Crippen LogP contribution in [0.2, 0.25) is 0 Å². The number of rotatable bonds is 4. The summed E-state index contributed by atoms with van der Waals surface area (Å²) in [5, 5.41) is 12.9. The first-order valence-corrected chi connectivity index (χ1v) is 7.26. The predicted molar refractivity (Wildman–Crippen MR) is 80.4 cm³/mol. The lowest BCUT2D eigenvalue weighted by Gasteiger charge is -2.29. The SMILES string of the molecule is Cc1cc(O)cc(C)c1C(=O)C(C)CN1CCNCC1. The number of hydrogen-bond acceptors (Lipinski definition) is 4. The van der Waals surface area contributed by atoms with Crippen molar-refractivity contribution in [2.75, 3.05) is 32.7 Å². The van der Waals surface area contributed by atoms with Gasteiger partial charge in [-0.3, -0.25) is 4.79 Å². The van der Waals surface area contributed by atoms with Crippen molar-refractivity contribution in [1.82, 2.24) is 10.2 Å². The first-order chi connectivity index (χ1) is 9.49. The standard InChI is InChI=1S/C16H24N2O2/c1-11-8-14(19)9-12(2)15(11)16(20)13(3)10-18-6-4-17-5-7-18/h8-9,13,17,19H,4-7,10H2,1-3H3. The fraction of sp³-hybridized carbons (Fsp3) is 0.562. The van der Waals surface area contributed by atoms with Crippen LogP contribution in [-0.4, -0.2) is 48.5 Å². The molecule has 2 N–H and O–H groups in total. The molecule has 0 aliphatic carbocycles. The fourth-order valence-corrected chi connectivity index (χ4v) is 2.94. The molecule has 1 aliphatic heterocycles. The molecule has 0 radical (unpaired) electrons. The molecule has 1 aromatic carbocycles. The number of phenolic OH excluding ortho intramolecular Hbond substituents is 1. The minimum absolute atomic E-state index is 0.0185. The number of ketones is 1. The summed E-state index contributed by atoms with van der Waals surface area (Å²) >= 11 is 0. The molecule has 1 unspecified atom stereocenters. The Hall–Kier alpha value is -1.39. The maximum Gasteiger partial charge on any atom is 0.167 e. The highest BCUT2D eigenvalue weighted by atomic mass is 16.3. The molecule has 4 nitrogen and oxygen atoms in total. The van der Waals surface area contributed by atoms with Crippen LogP contribution in [0, 0.1) is 19.8 Å². The Balaban J connectivity index is 2.10. The van der Waals surface area contributed by atoms with Gasteiger partial charge in [-0.05, 0) is 37.1 Å². The highest BCUT2D eigenvalue weighted by Gasteiger charge is 2.22. The molecular formula is C16H24N2O2. The van der Waals surface area contributed by atoms with Crippen molar-refractivity contribution in [3.8, 4) is 5.75 Å². The second-order valence-corrected chi connectivity index (χ2v) is 5.77. The van der Waals surface area contributed by atoms with Gasteiger partial charge < -0.3 is 15.3 Å². The van der Waals surface area contributed by atoms with E-state index in [1.165, 1.54) is 0 Å². The van der Waals surface area contributed by atoms with Gasteiger partial charge in [-0.25, -0.2) is 0 Å². The third-order valence-corrected chi connectivity index (χ3v) is 3.95. The largest absolute Gasteiger partial charge is 0.508 e. The third kappa shape index (κ3) is 3.38. The van der Waals surface area contributed by atoms with Crippen molar-refractivity contribution in [3.63, 3.8) is 0 Å². The van der Waals surface area contributed by atoms with Crippen molar-refractivity contribution < 1.29 is 9.90 Å². The molecule has 1 fully saturated rings. The van der Waals surface area contributed by atoms with Crippen LogP contribution in [-0.2, 0) is 0 Å². The number of Topliss-reactive ketones (excluding diaryl/α,β-unsaturated/α-hetero) is 1. The van der Waals surface area contributed by atoms with Crippen LogP contribution in [0.25, 0.3) is 0 Å². The Bertz CT molecular complexity index is 470. The third-order valence-electron chi connectivity index (χ3n) is 3.95. The topological polar surface area (TPSA) is 52.6 Å². The van der Waals surface area contributed by atoms with Crippen LogP contribution in [0.15, 0.2) is 12.1 Å². The van der Waals surface area contributed by atoms with Crippen molar-refractivity contribution in [1.29, 1.82) is 0 Å². The van der Waals surface area contributed by atoms with E-state index < -0.39 is 0 Å². The normalized spacial score (nSPS) is 17.9. The summed E-state index contributed by atoms with van der Waals surface area (Å²) in [6, 6.07) is 3.33. The van der Waals surface area contributed by atoms with E-state index in [1.54, 1.807) is 12.1 Å². The van der Waals surface area contributed by atoms with Crippen LogP contribution < -0.4 is 5.32 Å². The van der Waals surface area contributed by atoms with Crippen molar-refractivity contribution in [2.24, 2.45) is 5.92 Å². The maximum absolute atomic E-state index is 12.6. The molecule has 1 heterocycles. The van der Waals surface area contributed by atoms with Gasteiger partial charge in [-0.15, -0.1) is 0 Å². The molecule has 20 heavy (non-hydrogen) atoms. The van der Waals surface area contributed by atoms with E-state index in [1.807, 2.05) is 20.8 Å². The van der Waals surface area contributed by atoms with E-state index >= 15 is 0 Å². The van der Waals surface area contributed by atoms with E-state index in [9.17, 15) is 9.90 Å². The molecule has 4 heteroatoms. The maximum atomic E-state index is 12.6. The number of nitrogens with one attached hydrogen (secondary N) is 1. The average Bonchev–Trinajstić information content (AvgIpc) is 2.38. The van der Waals surface area contributed by atoms with Crippen LogP contribution in [0.3, 0.4) is 0 Å². The molecule has 0 spiro atoms. The Morgan fingerprint density at radius 3 is 2.40 bits per heavy atom. The summed E-state index contributed by atoms with van der Waals surface area (Å²) in [7, 11) is 0. The monoisotopic (exact) mass is 276 g/mol. The molecule has 2 rings (SSSR count). The zero-order chi connectivity index (χ0) is 14.7. The van der Waals surface area contributed by atoms with Crippen LogP contribution in [0.4, 0.5) is 0 Å². The van der Waals surface area contributed by atoms with Gasteiger partial charge in [0.1, 0.15) is 5.75 Å². The Labute approximate surface area is 120 Å². The second-order valence-electron chi connectivity index (χ2n) is 5.77. The molecular weight excluding hydrogens is 252 g/mol. The van der Waals surface area contributed by atoms with E-state index in [4.69, 9.17) is 0 Å². The average molecular weight is 276 g/mol. The van der Waals surface area contributed by atoms with Gasteiger partial charge in [0.25, 0.3) is 0 Å². The number of piperazine rings is 1. The minimum atomic E-state index is -0.0185. The summed E-state index contributed by atoms with van der Waals surface area (Å²) in [5.41, 5.74) is 2.49. The van der Waals surface area contributed by atoms with Gasteiger partial charge in [-0.1, -0.05) is 6.92 Å². The Kier molecular flexibility index (Phi) is 4.78. The van der Waals surface area contributed by atoms with Crippen molar-refractivity contribution >= 4 is 5.78 Å². The molecule has 0 saturated carbocycles. The molecule has 0 bridgehead atoms. The van der Waals surface area contributed by atoms with E-state index in [0.717, 1.165) is 49.4 Å². The number of aromatic hydroxyl groups is 1. The van der Waals surface area contributed by atoms with Crippen LogP contribution >= 0.6 is 0 Å². The zero-order valence-corrected chi connectivity index (χ0v) is 12.6. The number of nitrogens with zero attached hydrogens (tertiary/aromatic N) is 1. The number of aryl methyl sites for hydroxylation is 2. The van der Waals surface area contributed by atoms with Crippen LogP contribution in [0.1, 0.15) is 28.4 Å². The van der Waals surface area contributed by atoms with Gasteiger partial charge in [0, 0.05) is 44.2 Å². The number of carbonyl (C=O) groups excluding carboxylic acids is 1. The molecule has 1 aliphatic rings. The van der Waals surface area contributed by atoms with Gasteiger partial charge in [0.2, 0.25) is 0 Å². The molecule has 110 valence electrons. The lowest BCUT2D eigenvalue weighted by Crippen LogP contribution is -2.45. The van der Waals surface area contributed by atoms with Crippen molar-refractivity contribution in [3.05, 3.63) is 28.8 Å². The minimum Gasteiger partial charge on any atom is -0.508 e. The summed E-state index contributed by atoms with van der Waals surface area (Å²) in [5.74, 6) is 0.389. The first kappa shape index (κ1) is 15.0. The lowest BCUT2D eigenvalue weighted by atomic mass is 9.91. The highest BCUT2D eigenvalue weighted by Crippen LogP contribution is 2.23. The first-order valence-electron chi connectivity index (χ1n) is 7.26.